The molecule has 0 spiro atoms. The summed E-state index contributed by atoms with van der Waals surface area (Å²) < 4.78 is 15.2. The van der Waals surface area contributed by atoms with Gasteiger partial charge in [-0.2, -0.15) is 0 Å². The third kappa shape index (κ3) is 3.98. The highest BCUT2D eigenvalue weighted by atomic mass is 16.6. The fraction of sp³-hybridized carbons (Fsp3) is 0.214. The Morgan fingerprint density at radius 1 is 1.41 bits per heavy atom. The number of hydrogen-bond acceptors (Lipinski definition) is 6. The number of nitrogens with zero attached hydrogens (tertiary/aromatic N) is 1. The van der Waals surface area contributed by atoms with E-state index in [0.717, 1.165) is 0 Å². The molecule has 1 N–H and O–H groups in total. The van der Waals surface area contributed by atoms with E-state index < -0.39 is 10.8 Å². The lowest BCUT2D eigenvalue weighted by Crippen LogP contribution is -2.28. The number of carbonyl (C=O) groups is 1. The number of rotatable bonds is 7. The van der Waals surface area contributed by atoms with E-state index in [1.54, 1.807) is 12.1 Å². The molecule has 8 nitrogen and oxygen atoms in total. The number of hydrogen-bond donors (Lipinski definition) is 1. The molecule has 0 unspecified atom stereocenters. The highest BCUT2D eigenvalue weighted by Gasteiger charge is 2.17. The van der Waals surface area contributed by atoms with E-state index in [9.17, 15) is 14.9 Å². The Hall–Kier alpha value is -3.03. The number of methoxy groups -OCH3 is 1. The van der Waals surface area contributed by atoms with Gasteiger partial charge in [0, 0.05) is 0 Å². The van der Waals surface area contributed by atoms with E-state index in [1.165, 1.54) is 31.6 Å². The van der Waals surface area contributed by atoms with Crippen LogP contribution in [-0.4, -0.2) is 24.5 Å². The van der Waals surface area contributed by atoms with Crippen LogP contribution in [0.4, 0.5) is 5.69 Å². The van der Waals surface area contributed by atoms with Crippen molar-refractivity contribution >= 4 is 11.6 Å². The minimum Gasteiger partial charge on any atom is -0.496 e. The molecule has 1 aromatic heterocycles. The number of nitro groups is 1. The Balaban J connectivity index is 1.93. The number of benzene rings is 1. The molecule has 0 fully saturated rings. The number of amides is 1. The number of nitrogens with one attached hydrogen (secondary N) is 1. The normalized spacial score (nSPS) is 10.0. The zero-order chi connectivity index (χ0) is 15.9. The summed E-state index contributed by atoms with van der Waals surface area (Å²) in [4.78, 5) is 22.0. The van der Waals surface area contributed by atoms with Crippen molar-refractivity contribution in [3.63, 3.8) is 0 Å². The first kappa shape index (κ1) is 15.4. The molecule has 116 valence electrons. The van der Waals surface area contributed by atoms with Gasteiger partial charge in [0.15, 0.2) is 12.4 Å². The second-order valence-electron chi connectivity index (χ2n) is 4.24. The predicted octanol–water partition coefficient (Wildman–Crippen LogP) is 1.89. The summed E-state index contributed by atoms with van der Waals surface area (Å²) in [6.07, 6.45) is 1.50. The van der Waals surface area contributed by atoms with Crippen LogP contribution in [0.2, 0.25) is 0 Å². The maximum Gasteiger partial charge on any atom is 0.314 e. The van der Waals surface area contributed by atoms with Gasteiger partial charge in [0.1, 0.15) is 11.5 Å². The van der Waals surface area contributed by atoms with Crippen LogP contribution >= 0.6 is 0 Å². The van der Waals surface area contributed by atoms with Crippen LogP contribution in [0.15, 0.2) is 41.0 Å². The van der Waals surface area contributed by atoms with E-state index in [1.807, 2.05) is 0 Å². The molecule has 1 aromatic carbocycles. The molecule has 0 saturated heterocycles. The summed E-state index contributed by atoms with van der Waals surface area (Å²) in [5, 5.41) is 13.5. The van der Waals surface area contributed by atoms with Crippen LogP contribution in [0.1, 0.15) is 5.76 Å². The van der Waals surface area contributed by atoms with E-state index in [0.29, 0.717) is 11.5 Å². The predicted molar refractivity (Wildman–Crippen MR) is 75.7 cm³/mol. The smallest absolute Gasteiger partial charge is 0.314 e. The summed E-state index contributed by atoms with van der Waals surface area (Å²) in [7, 11) is 1.40. The Labute approximate surface area is 125 Å². The first-order chi connectivity index (χ1) is 10.6. The molecule has 1 heterocycles. The van der Waals surface area contributed by atoms with Gasteiger partial charge in [-0.25, -0.2) is 0 Å². The Morgan fingerprint density at radius 3 is 2.86 bits per heavy atom. The van der Waals surface area contributed by atoms with Gasteiger partial charge < -0.3 is 19.2 Å². The molecule has 2 rings (SSSR count). The topological polar surface area (TPSA) is 104 Å². The Bertz CT molecular complexity index is 653. The van der Waals surface area contributed by atoms with Crippen molar-refractivity contribution in [3.8, 4) is 11.5 Å². The second kappa shape index (κ2) is 7.11. The molecule has 0 saturated carbocycles. The van der Waals surface area contributed by atoms with Crippen LogP contribution in [0.5, 0.6) is 11.5 Å². The number of carbonyl (C=O) groups excluding carboxylic acids is 1. The summed E-state index contributed by atoms with van der Waals surface area (Å²) in [5.74, 6) is 0.519. The van der Waals surface area contributed by atoms with Gasteiger partial charge in [0.2, 0.25) is 0 Å². The molecular weight excluding hydrogens is 292 g/mol. The largest absolute Gasteiger partial charge is 0.496 e. The highest BCUT2D eigenvalue weighted by Crippen LogP contribution is 2.30. The van der Waals surface area contributed by atoms with Gasteiger partial charge in [-0.15, -0.1) is 0 Å². The van der Waals surface area contributed by atoms with E-state index in [-0.39, 0.29) is 24.6 Å². The SMILES string of the molecule is COc1ccc(OCC(=O)NCc2ccco2)c([N+](=O)[O-])c1. The summed E-state index contributed by atoms with van der Waals surface area (Å²) in [6, 6.07) is 7.56. The Morgan fingerprint density at radius 2 is 2.23 bits per heavy atom. The quantitative estimate of drug-likeness (QED) is 0.619. The third-order valence-electron chi connectivity index (χ3n) is 2.76. The number of ether oxygens (including phenoxy) is 2. The average molecular weight is 306 g/mol. The molecular formula is C14H14N2O6. The molecule has 22 heavy (non-hydrogen) atoms. The van der Waals surface area contributed by atoms with Crippen LogP contribution in [0.3, 0.4) is 0 Å². The van der Waals surface area contributed by atoms with Gasteiger partial charge >= 0.3 is 5.69 Å². The minimum atomic E-state index is -0.599. The number of furan rings is 1. The van der Waals surface area contributed by atoms with E-state index in [2.05, 4.69) is 5.32 Å². The fourth-order valence-corrected chi connectivity index (χ4v) is 1.68. The lowest BCUT2D eigenvalue weighted by Gasteiger charge is -2.08. The standard InChI is InChI=1S/C14H14N2O6/c1-20-10-4-5-13(12(7-10)16(18)19)22-9-14(17)15-8-11-3-2-6-21-11/h2-7H,8-9H2,1H3,(H,15,17). The van der Waals surface area contributed by atoms with Gasteiger partial charge in [-0.1, -0.05) is 0 Å². The Kier molecular flexibility index (Phi) is 4.97. The second-order valence-corrected chi connectivity index (χ2v) is 4.24. The first-order valence-electron chi connectivity index (χ1n) is 6.34. The fourth-order valence-electron chi connectivity index (χ4n) is 1.68. The van der Waals surface area contributed by atoms with Gasteiger partial charge in [0.05, 0.1) is 30.9 Å². The van der Waals surface area contributed by atoms with Crippen LogP contribution in [0.25, 0.3) is 0 Å². The summed E-state index contributed by atoms with van der Waals surface area (Å²) >= 11 is 0. The molecule has 0 bridgehead atoms. The van der Waals surface area contributed by atoms with Crippen molar-refractivity contribution in [1.82, 2.24) is 5.32 Å². The molecule has 2 aromatic rings. The van der Waals surface area contributed by atoms with Crippen molar-refractivity contribution in [1.29, 1.82) is 0 Å². The zero-order valence-electron chi connectivity index (χ0n) is 11.8. The average Bonchev–Trinajstić information content (AvgIpc) is 3.04. The monoisotopic (exact) mass is 306 g/mol. The van der Waals surface area contributed by atoms with Gasteiger partial charge in [-0.05, 0) is 24.3 Å². The lowest BCUT2D eigenvalue weighted by atomic mass is 10.3. The third-order valence-corrected chi connectivity index (χ3v) is 2.76. The van der Waals surface area contributed by atoms with Crippen LogP contribution in [-0.2, 0) is 11.3 Å². The van der Waals surface area contributed by atoms with Crippen molar-refractivity contribution in [2.24, 2.45) is 0 Å². The summed E-state index contributed by atoms with van der Waals surface area (Å²) in [5.41, 5.74) is -0.266. The molecule has 0 aliphatic carbocycles. The number of nitro benzene ring substituents is 1. The first-order valence-corrected chi connectivity index (χ1v) is 6.34. The highest BCUT2D eigenvalue weighted by molar-refractivity contribution is 5.77. The molecule has 0 aliphatic rings. The van der Waals surface area contributed by atoms with Crippen LogP contribution in [0, 0.1) is 10.1 Å². The van der Waals surface area contributed by atoms with Gasteiger partial charge in [-0.3, -0.25) is 14.9 Å². The van der Waals surface area contributed by atoms with Crippen molar-refractivity contribution in [3.05, 3.63) is 52.5 Å². The van der Waals surface area contributed by atoms with Crippen molar-refractivity contribution in [2.75, 3.05) is 13.7 Å². The molecule has 0 radical (unpaired) electrons. The van der Waals surface area contributed by atoms with Gasteiger partial charge in [0.25, 0.3) is 5.91 Å². The van der Waals surface area contributed by atoms with E-state index >= 15 is 0 Å². The van der Waals surface area contributed by atoms with Crippen LogP contribution < -0.4 is 14.8 Å². The maximum atomic E-state index is 11.6. The maximum absolute atomic E-state index is 11.6. The zero-order valence-corrected chi connectivity index (χ0v) is 11.8. The minimum absolute atomic E-state index is 0.000974. The molecule has 0 aliphatic heterocycles. The van der Waals surface area contributed by atoms with Crippen molar-refractivity contribution in [2.45, 2.75) is 6.54 Å². The molecule has 0 atom stereocenters. The summed E-state index contributed by atoms with van der Waals surface area (Å²) in [6.45, 7) is -0.117. The van der Waals surface area contributed by atoms with Crippen molar-refractivity contribution < 1.29 is 23.6 Å². The molecule has 1 amide bonds. The lowest BCUT2D eigenvalue weighted by molar-refractivity contribution is -0.385. The molecule has 8 heteroatoms. The van der Waals surface area contributed by atoms with E-state index in [4.69, 9.17) is 13.9 Å².